The molecule has 3 unspecified atom stereocenters. The zero-order chi connectivity index (χ0) is 52.7. The molecule has 2 saturated heterocycles. The summed E-state index contributed by atoms with van der Waals surface area (Å²) in [5.74, 6) is -3.29. The van der Waals surface area contributed by atoms with E-state index in [-0.39, 0.29) is 66.3 Å². The number of nitriles is 1. The lowest BCUT2D eigenvalue weighted by Gasteiger charge is -2.35. The van der Waals surface area contributed by atoms with E-state index in [4.69, 9.17) is 12.2 Å². The number of alkyl halides is 3. The molecule has 3 heterocycles. The summed E-state index contributed by atoms with van der Waals surface area (Å²) < 4.78 is 56.7. The fourth-order valence-corrected chi connectivity index (χ4v) is 10.2. The number of carbonyl (C=O) groups excluding carboxylic acids is 5. The highest BCUT2D eigenvalue weighted by Crippen LogP contribution is 2.40. The summed E-state index contributed by atoms with van der Waals surface area (Å²) in [5, 5.41) is 28.1. The summed E-state index contributed by atoms with van der Waals surface area (Å²) in [5.41, 5.74) is 0.341. The van der Waals surface area contributed by atoms with E-state index in [0.29, 0.717) is 18.9 Å². The Bertz CT molecular complexity index is 2720. The molecule has 2 fully saturated rings. The first-order valence-electron chi connectivity index (χ1n) is 23.9. The molecule has 5 amide bonds. The van der Waals surface area contributed by atoms with Crippen LogP contribution in [0.4, 0.5) is 28.9 Å². The number of aliphatic hydroxyl groups is 1. The Morgan fingerprint density at radius 3 is 2.21 bits per heavy atom. The van der Waals surface area contributed by atoms with Gasteiger partial charge >= 0.3 is 6.18 Å². The molecule has 2 aliphatic rings. The molecule has 0 radical (unpaired) electrons. The number of rotatable bonds is 19. The molecule has 4 N–H and O–H groups in total. The first-order chi connectivity index (χ1) is 33.9. The Labute approximate surface area is 426 Å². The van der Waals surface area contributed by atoms with Crippen LogP contribution in [-0.2, 0) is 31.9 Å². The molecule has 72 heavy (non-hydrogen) atoms. The molecule has 14 nitrogen and oxygen atoms in total. The Kier molecular flexibility index (Phi) is 17.6. The average Bonchev–Trinajstić information content (AvgIpc) is 3.99. The number of hydrogen-bond donors (Lipinski definition) is 4. The van der Waals surface area contributed by atoms with E-state index in [2.05, 4.69) is 20.9 Å². The number of thiazole rings is 1. The van der Waals surface area contributed by atoms with Crippen molar-refractivity contribution in [1.29, 1.82) is 5.26 Å². The molecule has 3 aromatic carbocycles. The second-order valence-corrected chi connectivity index (χ2v) is 21.0. The maximum atomic E-state index is 15.5. The topological polar surface area (TPSA) is 188 Å². The van der Waals surface area contributed by atoms with Crippen molar-refractivity contribution in [3.8, 4) is 16.5 Å². The normalized spacial score (nSPS) is 17.2. The first-order valence-corrected chi connectivity index (χ1v) is 25.2. The van der Waals surface area contributed by atoms with Crippen molar-refractivity contribution in [3.63, 3.8) is 0 Å². The molecule has 0 bridgehead atoms. The lowest BCUT2D eigenvalue weighted by molar-refractivity contribution is -0.144. The van der Waals surface area contributed by atoms with Gasteiger partial charge in [0.2, 0.25) is 17.7 Å². The van der Waals surface area contributed by atoms with E-state index in [0.717, 1.165) is 70.8 Å². The van der Waals surface area contributed by atoms with Crippen molar-refractivity contribution in [1.82, 2.24) is 25.8 Å². The van der Waals surface area contributed by atoms with E-state index in [1.165, 1.54) is 47.9 Å². The number of β-amino-alcohol motifs (C(OH)–C–C–N with tert-alkyl or cyclic N) is 1. The van der Waals surface area contributed by atoms with Crippen LogP contribution < -0.4 is 25.8 Å². The molecule has 0 spiro atoms. The van der Waals surface area contributed by atoms with Crippen LogP contribution in [0.25, 0.3) is 10.4 Å². The lowest BCUT2D eigenvalue weighted by Crippen LogP contribution is -2.57. The summed E-state index contributed by atoms with van der Waals surface area (Å²) in [4.78, 5) is 76.1. The van der Waals surface area contributed by atoms with Gasteiger partial charge in [-0.2, -0.15) is 18.4 Å². The minimum atomic E-state index is -4.87. The second kappa shape index (κ2) is 23.1. The predicted octanol–water partition coefficient (Wildman–Crippen LogP) is 8.72. The van der Waals surface area contributed by atoms with E-state index < -0.39 is 70.0 Å². The number of aliphatic hydroxyl groups excluding tert-OH is 1. The Morgan fingerprint density at radius 1 is 0.944 bits per heavy atom. The van der Waals surface area contributed by atoms with Crippen LogP contribution in [0.15, 0.2) is 66.2 Å². The summed E-state index contributed by atoms with van der Waals surface area (Å²) in [6.07, 6.45) is -0.0384. The molecule has 1 aromatic heterocycles. The summed E-state index contributed by atoms with van der Waals surface area (Å²) in [7, 11) is 0. The SMILES string of the molecule is Cc1ncsc1-c1ccc(CNC(=O)C2CC(O)CN2C(=O)C(NC(=O)CCCCCCCCCNC(=O)c2ccc(N3C(=S)N(c4ccc(C#N)c(C(F)(F)F)c4)C(=O)C3(C)C)cc2F)C(C)(C)C)cc1. The van der Waals surface area contributed by atoms with Crippen LogP contribution in [0.1, 0.15) is 125 Å². The zero-order valence-electron chi connectivity index (χ0n) is 41.1. The van der Waals surface area contributed by atoms with Crippen molar-refractivity contribution >= 4 is 69.6 Å². The molecular weight excluding hydrogens is 973 g/mol. The molecule has 2 aliphatic heterocycles. The van der Waals surface area contributed by atoms with E-state index in [9.17, 15) is 47.5 Å². The van der Waals surface area contributed by atoms with Crippen molar-refractivity contribution in [2.75, 3.05) is 22.9 Å². The van der Waals surface area contributed by atoms with Crippen LogP contribution in [-0.4, -0.2) is 86.5 Å². The predicted molar refractivity (Wildman–Crippen MR) is 270 cm³/mol. The van der Waals surface area contributed by atoms with Gasteiger partial charge in [0, 0.05) is 38.2 Å². The average molecular weight is 1030 g/mol. The van der Waals surface area contributed by atoms with Crippen LogP contribution in [0.3, 0.4) is 0 Å². The summed E-state index contributed by atoms with van der Waals surface area (Å²) in [6.45, 7) is 11.0. The van der Waals surface area contributed by atoms with Gasteiger partial charge in [-0.15, -0.1) is 11.3 Å². The number of unbranched alkanes of at least 4 members (excludes halogenated alkanes) is 6. The van der Waals surface area contributed by atoms with Crippen LogP contribution >= 0.6 is 23.6 Å². The molecule has 384 valence electrons. The van der Waals surface area contributed by atoms with Crippen molar-refractivity contribution in [2.45, 2.75) is 136 Å². The number of aryl methyl sites for hydroxylation is 1. The molecule has 6 rings (SSSR count). The molecular formula is C52H60F4N8O6S2. The standard InChI is InChI=1S/C52H60F4N8O6S2/c1-31-43(72-30-60-31)33-17-15-32(16-18-33)28-59-46(68)41-26-37(65)29-62(41)47(69)44(50(2,3)4)61-42(66)14-12-10-8-7-9-11-13-23-58-45(67)38-22-21-36(25-40(38)53)64-49(71)63(48(70)51(64,5)6)35-20-19-34(27-57)39(24-35)52(54,55)56/h15-22,24-25,30,37,41,44,65H,7-14,23,26,28-29H2,1-6H3,(H,58,67)(H,59,68)(H,61,66). The van der Waals surface area contributed by atoms with Gasteiger partial charge < -0.3 is 30.9 Å². The maximum absolute atomic E-state index is 15.5. The number of halogens is 4. The summed E-state index contributed by atoms with van der Waals surface area (Å²) >= 11 is 7.09. The van der Waals surface area contributed by atoms with Crippen LogP contribution in [0.2, 0.25) is 0 Å². The van der Waals surface area contributed by atoms with Gasteiger partial charge in [-0.3, -0.25) is 28.9 Å². The Morgan fingerprint density at radius 2 is 1.60 bits per heavy atom. The molecule has 3 atom stereocenters. The molecule has 20 heteroatoms. The van der Waals surface area contributed by atoms with Gasteiger partial charge in [-0.1, -0.05) is 77.1 Å². The highest BCUT2D eigenvalue weighted by molar-refractivity contribution is 7.81. The van der Waals surface area contributed by atoms with Gasteiger partial charge in [-0.25, -0.2) is 9.37 Å². The third kappa shape index (κ3) is 12.8. The van der Waals surface area contributed by atoms with Gasteiger partial charge in [0.25, 0.3) is 11.8 Å². The van der Waals surface area contributed by atoms with Crippen LogP contribution in [0.5, 0.6) is 0 Å². The largest absolute Gasteiger partial charge is 0.417 e. The monoisotopic (exact) mass is 1030 g/mol. The summed E-state index contributed by atoms with van der Waals surface area (Å²) in [6, 6.07) is 14.0. The number of thiocarbonyl (C=S) groups is 1. The van der Waals surface area contributed by atoms with Gasteiger partial charge in [0.05, 0.1) is 50.6 Å². The number of amides is 5. The number of carbonyl (C=O) groups is 5. The lowest BCUT2D eigenvalue weighted by atomic mass is 9.85. The van der Waals surface area contributed by atoms with Gasteiger partial charge in [0.1, 0.15) is 23.4 Å². The zero-order valence-corrected chi connectivity index (χ0v) is 42.8. The highest BCUT2D eigenvalue weighted by atomic mass is 32.1. The van der Waals surface area contributed by atoms with E-state index in [1.54, 1.807) is 16.8 Å². The fraction of sp³-hybridized carbons (Fsp3) is 0.462. The van der Waals surface area contributed by atoms with Crippen molar-refractivity contribution < 1.29 is 46.6 Å². The number of anilines is 2. The molecule has 4 aromatic rings. The number of benzene rings is 3. The van der Waals surface area contributed by atoms with Crippen molar-refractivity contribution in [3.05, 3.63) is 99.9 Å². The van der Waals surface area contributed by atoms with Gasteiger partial charge in [0.15, 0.2) is 5.11 Å². The minimum Gasteiger partial charge on any atom is -0.391 e. The van der Waals surface area contributed by atoms with Crippen LogP contribution in [0, 0.1) is 29.5 Å². The maximum Gasteiger partial charge on any atom is 0.417 e. The quantitative estimate of drug-likeness (QED) is 0.0402. The highest BCUT2D eigenvalue weighted by Gasteiger charge is 2.51. The Balaban J connectivity index is 0.894. The number of aromatic nitrogens is 1. The van der Waals surface area contributed by atoms with E-state index in [1.807, 2.05) is 52.0 Å². The minimum absolute atomic E-state index is 0.0195. The number of nitrogens with one attached hydrogen (secondary N) is 3. The number of hydrogen-bond acceptors (Lipinski definition) is 10. The number of likely N-dealkylation sites (tertiary alicyclic amines) is 1. The number of nitrogens with zero attached hydrogens (tertiary/aromatic N) is 5. The Hall–Kier alpha value is -6.30. The molecule has 0 saturated carbocycles. The smallest absolute Gasteiger partial charge is 0.391 e. The fourth-order valence-electron chi connectivity index (χ4n) is 8.89. The molecule has 0 aliphatic carbocycles. The van der Waals surface area contributed by atoms with Crippen molar-refractivity contribution in [2.24, 2.45) is 5.41 Å². The van der Waals surface area contributed by atoms with Gasteiger partial charge in [-0.05, 0) is 98.8 Å². The second-order valence-electron chi connectivity index (χ2n) is 19.7. The third-order valence-electron chi connectivity index (χ3n) is 12.9. The third-order valence-corrected chi connectivity index (χ3v) is 14.2. The first kappa shape index (κ1) is 55.0. The van der Waals surface area contributed by atoms with E-state index >= 15 is 4.39 Å².